The second-order valence-electron chi connectivity index (χ2n) is 7.12. The number of fused-ring (bicyclic) bond motifs is 1. The fourth-order valence-corrected chi connectivity index (χ4v) is 5.36. The predicted molar refractivity (Wildman–Crippen MR) is 124 cm³/mol. The average Bonchev–Trinajstić information content (AvgIpc) is 3.25. The summed E-state index contributed by atoms with van der Waals surface area (Å²) in [5.74, 6) is -0.297. The Balaban J connectivity index is 1.82. The lowest BCUT2D eigenvalue weighted by molar-refractivity contribution is -0.140. The number of carbonyl (C=O) groups is 1. The maximum Gasteiger partial charge on any atom is 0.355 e. The third-order valence-corrected chi connectivity index (χ3v) is 6.75. The lowest BCUT2D eigenvalue weighted by Gasteiger charge is -2.29. The number of aliphatic imine (C=N–C) groups is 1. The van der Waals surface area contributed by atoms with Crippen molar-refractivity contribution >= 4 is 46.1 Å². The minimum atomic E-state index is -0.297. The molecule has 0 aliphatic carbocycles. The molecule has 2 aliphatic rings. The molecular weight excluding hydrogens is 439 g/mol. The molecule has 30 heavy (non-hydrogen) atoms. The van der Waals surface area contributed by atoms with Gasteiger partial charge in [0.05, 0.1) is 12.6 Å². The lowest BCUT2D eigenvalue weighted by Crippen LogP contribution is -2.31. The monoisotopic (exact) mass is 460 g/mol. The topological polar surface area (TPSA) is 41.9 Å². The number of hydrogen-bond acceptors (Lipinski definition) is 5. The van der Waals surface area contributed by atoms with Gasteiger partial charge in [0.2, 0.25) is 0 Å². The van der Waals surface area contributed by atoms with E-state index in [1.807, 2.05) is 55.5 Å². The van der Waals surface area contributed by atoms with Gasteiger partial charge in [0, 0.05) is 15.0 Å². The molecule has 0 saturated carbocycles. The Morgan fingerprint density at radius 1 is 1.03 bits per heavy atom. The third-order valence-electron chi connectivity index (χ3n) is 5.12. The molecule has 2 aliphatic heterocycles. The van der Waals surface area contributed by atoms with Crippen LogP contribution < -0.4 is 0 Å². The Hall–Kier alpha value is -1.95. The number of thioether (sulfide) groups is 1. The van der Waals surface area contributed by atoms with Crippen LogP contribution in [0.3, 0.4) is 0 Å². The zero-order valence-electron chi connectivity index (χ0n) is 16.8. The number of benzene rings is 2. The van der Waals surface area contributed by atoms with Crippen LogP contribution in [0.5, 0.6) is 0 Å². The first kappa shape index (κ1) is 21.3. The molecule has 7 heteroatoms. The molecule has 0 N–H and O–H groups in total. The van der Waals surface area contributed by atoms with Crippen molar-refractivity contribution < 1.29 is 9.53 Å². The van der Waals surface area contributed by atoms with Gasteiger partial charge in [-0.1, -0.05) is 72.6 Å². The summed E-state index contributed by atoms with van der Waals surface area (Å²) in [7, 11) is 0. The number of halogens is 2. The summed E-state index contributed by atoms with van der Waals surface area (Å²) in [5, 5.41) is 2.19. The fraction of sp³-hybridized carbons (Fsp3) is 0.304. The van der Waals surface area contributed by atoms with E-state index in [0.29, 0.717) is 22.3 Å². The van der Waals surface area contributed by atoms with Crippen LogP contribution in [0.2, 0.25) is 10.0 Å². The maximum atomic E-state index is 13.0. The van der Waals surface area contributed by atoms with Crippen LogP contribution in [0.25, 0.3) is 0 Å². The summed E-state index contributed by atoms with van der Waals surface area (Å²) >= 11 is 13.8. The van der Waals surface area contributed by atoms with Crippen molar-refractivity contribution in [2.24, 2.45) is 4.99 Å². The molecule has 0 bridgehead atoms. The molecule has 0 radical (unpaired) electrons. The van der Waals surface area contributed by atoms with Crippen molar-refractivity contribution in [3.8, 4) is 0 Å². The Morgan fingerprint density at radius 3 is 2.20 bits per heavy atom. The minimum absolute atomic E-state index is 0.167. The fourth-order valence-electron chi connectivity index (χ4n) is 3.83. The normalized spacial score (nSPS) is 20.4. The van der Waals surface area contributed by atoms with Gasteiger partial charge >= 0.3 is 5.97 Å². The second-order valence-corrected chi connectivity index (χ2v) is 9.05. The zero-order valence-corrected chi connectivity index (χ0v) is 19.1. The number of carbonyl (C=O) groups excluding carboxylic acids is 1. The molecule has 4 rings (SSSR count). The van der Waals surface area contributed by atoms with Crippen molar-refractivity contribution in [3.05, 3.63) is 80.3 Å². The van der Waals surface area contributed by atoms with E-state index in [1.165, 1.54) is 0 Å². The molecule has 2 heterocycles. The number of ether oxygens (including phenoxy) is 1. The number of hydrogen-bond donors (Lipinski definition) is 0. The molecule has 4 nitrogen and oxygen atoms in total. The van der Waals surface area contributed by atoms with Crippen LogP contribution in [0, 0.1) is 0 Å². The van der Waals surface area contributed by atoms with Gasteiger partial charge in [-0.3, -0.25) is 4.99 Å². The van der Waals surface area contributed by atoms with Gasteiger partial charge in [-0.05, 0) is 48.7 Å². The average molecular weight is 461 g/mol. The molecule has 2 aromatic carbocycles. The number of rotatable bonds is 6. The molecule has 2 atom stereocenters. The Bertz CT molecular complexity index is 1000. The Morgan fingerprint density at radius 2 is 1.63 bits per heavy atom. The first-order valence-electron chi connectivity index (χ1n) is 9.99. The summed E-state index contributed by atoms with van der Waals surface area (Å²) in [6.45, 7) is 4.26. The molecule has 0 aromatic heterocycles. The van der Waals surface area contributed by atoms with E-state index in [1.54, 1.807) is 11.8 Å². The molecule has 0 spiro atoms. The van der Waals surface area contributed by atoms with Crippen LogP contribution in [0.1, 0.15) is 49.9 Å². The van der Waals surface area contributed by atoms with Gasteiger partial charge < -0.3 is 9.64 Å². The SMILES string of the molecule is CCCC1=C(C(=O)OCC)N2C(=N[C@@H](c3ccc(Cl)cc3)[C@H]2c2ccc(Cl)cc2)S1. The predicted octanol–water partition coefficient (Wildman–Crippen LogP) is 6.77. The van der Waals surface area contributed by atoms with Crippen LogP contribution in [-0.2, 0) is 9.53 Å². The third kappa shape index (κ3) is 3.98. The highest BCUT2D eigenvalue weighted by Gasteiger charge is 2.47. The zero-order chi connectivity index (χ0) is 21.3. The first-order chi connectivity index (χ1) is 14.5. The summed E-state index contributed by atoms with van der Waals surface area (Å²) in [5.41, 5.74) is 2.69. The van der Waals surface area contributed by atoms with Crippen molar-refractivity contribution in [1.29, 1.82) is 0 Å². The molecule has 0 saturated heterocycles. The van der Waals surface area contributed by atoms with Crippen LogP contribution in [-0.4, -0.2) is 22.6 Å². The molecule has 2 aromatic rings. The standard InChI is InChI=1S/C23H22Cl2N2O2S/c1-3-5-18-21(22(28)29-4-2)27-20(15-8-12-17(25)13-9-15)19(26-23(27)30-18)14-6-10-16(24)11-7-14/h6-13,19-20H,3-5H2,1-2H3/t19-,20+/m0/s1. The van der Waals surface area contributed by atoms with Gasteiger partial charge in [0.15, 0.2) is 5.17 Å². The molecular formula is C23H22Cl2N2O2S. The summed E-state index contributed by atoms with van der Waals surface area (Å²) < 4.78 is 5.43. The van der Waals surface area contributed by atoms with E-state index in [0.717, 1.165) is 34.0 Å². The van der Waals surface area contributed by atoms with Crippen LogP contribution in [0.4, 0.5) is 0 Å². The van der Waals surface area contributed by atoms with E-state index in [2.05, 4.69) is 11.8 Å². The van der Waals surface area contributed by atoms with Crippen LogP contribution >= 0.6 is 35.0 Å². The highest BCUT2D eigenvalue weighted by atomic mass is 35.5. The highest BCUT2D eigenvalue weighted by molar-refractivity contribution is 8.17. The van der Waals surface area contributed by atoms with Crippen molar-refractivity contribution in [3.63, 3.8) is 0 Å². The second kappa shape index (κ2) is 9.04. The highest BCUT2D eigenvalue weighted by Crippen LogP contribution is 2.52. The van der Waals surface area contributed by atoms with E-state index in [-0.39, 0.29) is 18.1 Å². The largest absolute Gasteiger partial charge is 0.461 e. The molecule has 0 amide bonds. The Labute approximate surface area is 190 Å². The molecule has 0 unspecified atom stereocenters. The van der Waals surface area contributed by atoms with Gasteiger partial charge in [0.25, 0.3) is 0 Å². The number of allylic oxidation sites excluding steroid dienone is 1. The number of nitrogens with zero attached hydrogens (tertiary/aromatic N) is 2. The van der Waals surface area contributed by atoms with Crippen molar-refractivity contribution in [1.82, 2.24) is 4.90 Å². The quantitative estimate of drug-likeness (QED) is 0.446. The number of amidine groups is 1. The first-order valence-corrected chi connectivity index (χ1v) is 11.6. The van der Waals surface area contributed by atoms with Crippen LogP contribution in [0.15, 0.2) is 64.1 Å². The van der Waals surface area contributed by atoms with Gasteiger partial charge in [-0.15, -0.1) is 0 Å². The minimum Gasteiger partial charge on any atom is -0.461 e. The number of esters is 1. The molecule has 156 valence electrons. The van der Waals surface area contributed by atoms with E-state index < -0.39 is 0 Å². The van der Waals surface area contributed by atoms with Gasteiger partial charge in [-0.25, -0.2) is 4.79 Å². The van der Waals surface area contributed by atoms with E-state index in [4.69, 9.17) is 32.9 Å². The van der Waals surface area contributed by atoms with E-state index in [9.17, 15) is 4.79 Å². The summed E-state index contributed by atoms with van der Waals surface area (Å²) in [6, 6.07) is 15.1. The van der Waals surface area contributed by atoms with Gasteiger partial charge in [0.1, 0.15) is 11.7 Å². The smallest absolute Gasteiger partial charge is 0.355 e. The lowest BCUT2D eigenvalue weighted by atomic mass is 9.93. The Kier molecular flexibility index (Phi) is 6.42. The summed E-state index contributed by atoms with van der Waals surface area (Å²) in [4.78, 5) is 21.1. The maximum absolute atomic E-state index is 13.0. The van der Waals surface area contributed by atoms with Crippen molar-refractivity contribution in [2.45, 2.75) is 38.8 Å². The summed E-state index contributed by atoms with van der Waals surface area (Å²) in [6.07, 6.45) is 1.76. The van der Waals surface area contributed by atoms with Gasteiger partial charge in [-0.2, -0.15) is 0 Å². The molecule has 0 fully saturated rings. The van der Waals surface area contributed by atoms with E-state index >= 15 is 0 Å². The van der Waals surface area contributed by atoms with Crippen molar-refractivity contribution in [2.75, 3.05) is 6.61 Å².